The van der Waals surface area contributed by atoms with Gasteiger partial charge in [0.1, 0.15) is 12.8 Å². The minimum absolute atomic E-state index is 0.0389. The van der Waals surface area contributed by atoms with Crippen LogP contribution in [0.3, 0.4) is 0 Å². The highest BCUT2D eigenvalue weighted by Gasteiger charge is 2.56. The predicted molar refractivity (Wildman–Crippen MR) is 69.3 cm³/mol. The van der Waals surface area contributed by atoms with E-state index < -0.39 is 12.3 Å². The fourth-order valence-corrected chi connectivity index (χ4v) is 2.55. The van der Waals surface area contributed by atoms with Crippen LogP contribution < -0.4 is 0 Å². The lowest BCUT2D eigenvalue weighted by molar-refractivity contribution is 0.0941. The van der Waals surface area contributed by atoms with E-state index in [1.165, 1.54) is 4.90 Å². The Labute approximate surface area is 111 Å². The van der Waals surface area contributed by atoms with Gasteiger partial charge < -0.3 is 4.74 Å². The average Bonchev–Trinajstić information content (AvgIpc) is 3.13. The molecule has 0 radical (unpaired) electrons. The van der Waals surface area contributed by atoms with Gasteiger partial charge in [0, 0.05) is 12.5 Å². The zero-order valence-electron chi connectivity index (χ0n) is 10.5. The first-order chi connectivity index (χ1) is 9.27. The highest BCUT2D eigenvalue weighted by molar-refractivity contribution is 5.69. The number of benzene rings is 1. The molecule has 1 aliphatic heterocycles. The van der Waals surface area contributed by atoms with Crippen molar-refractivity contribution in [3.8, 4) is 0 Å². The molecule has 19 heavy (non-hydrogen) atoms. The molecule has 100 valence electrons. The van der Waals surface area contributed by atoms with Crippen LogP contribution in [0.4, 0.5) is 9.18 Å². The Balaban J connectivity index is 1.59. The number of carbonyl (C=O) groups is 1. The number of fused-ring (bicyclic) bond motifs is 1. The SMILES string of the molecule is O=C(OCc1ccccc1)N1CC=CCC2C1[C@H]2F. The summed E-state index contributed by atoms with van der Waals surface area (Å²) in [4.78, 5) is 13.5. The quantitative estimate of drug-likeness (QED) is 0.766. The van der Waals surface area contributed by atoms with Crippen LogP contribution in [-0.4, -0.2) is 29.8 Å². The summed E-state index contributed by atoms with van der Waals surface area (Å²) in [5, 5.41) is 0. The summed E-state index contributed by atoms with van der Waals surface area (Å²) in [6, 6.07) is 9.20. The van der Waals surface area contributed by atoms with Gasteiger partial charge in [0.25, 0.3) is 0 Å². The Morgan fingerprint density at radius 1 is 1.32 bits per heavy atom. The molecule has 1 heterocycles. The van der Waals surface area contributed by atoms with Crippen LogP contribution in [0, 0.1) is 5.92 Å². The van der Waals surface area contributed by atoms with Crippen molar-refractivity contribution < 1.29 is 13.9 Å². The molecular weight excluding hydrogens is 245 g/mol. The minimum atomic E-state index is -0.894. The van der Waals surface area contributed by atoms with Crippen LogP contribution in [0.15, 0.2) is 42.5 Å². The Kier molecular flexibility index (Phi) is 3.23. The van der Waals surface area contributed by atoms with E-state index in [2.05, 4.69) is 0 Å². The third kappa shape index (κ3) is 2.48. The van der Waals surface area contributed by atoms with Gasteiger partial charge in [0.2, 0.25) is 0 Å². The van der Waals surface area contributed by atoms with E-state index in [4.69, 9.17) is 4.74 Å². The lowest BCUT2D eigenvalue weighted by Gasteiger charge is -2.20. The first kappa shape index (κ1) is 12.2. The van der Waals surface area contributed by atoms with Gasteiger partial charge in [-0.3, -0.25) is 4.90 Å². The van der Waals surface area contributed by atoms with Crippen LogP contribution in [0.1, 0.15) is 12.0 Å². The Morgan fingerprint density at radius 2 is 2.11 bits per heavy atom. The zero-order valence-corrected chi connectivity index (χ0v) is 10.5. The standard InChI is InChI=1S/C15H16FNO2/c16-13-12-8-4-5-9-17(14(12)13)15(18)19-10-11-6-2-1-3-7-11/h1-7,12-14H,8-10H2/t12?,13-,14?/m0/s1. The van der Waals surface area contributed by atoms with Crippen LogP contribution in [0.25, 0.3) is 0 Å². The highest BCUT2D eigenvalue weighted by atomic mass is 19.1. The summed E-state index contributed by atoms with van der Waals surface area (Å²) >= 11 is 0. The summed E-state index contributed by atoms with van der Waals surface area (Å²) in [5.74, 6) is -0.0389. The summed E-state index contributed by atoms with van der Waals surface area (Å²) in [7, 11) is 0. The van der Waals surface area contributed by atoms with Crippen molar-refractivity contribution in [3.63, 3.8) is 0 Å². The fraction of sp³-hybridized carbons (Fsp3) is 0.400. The number of hydrogen-bond donors (Lipinski definition) is 0. The van der Waals surface area contributed by atoms with Gasteiger partial charge in [-0.15, -0.1) is 0 Å². The van der Waals surface area contributed by atoms with Crippen LogP contribution in [0.5, 0.6) is 0 Å². The molecule has 2 unspecified atom stereocenters. The number of amides is 1. The van der Waals surface area contributed by atoms with Crippen LogP contribution in [-0.2, 0) is 11.3 Å². The number of ether oxygens (including phenoxy) is 1. The van der Waals surface area contributed by atoms with Crippen molar-refractivity contribution in [2.45, 2.75) is 25.2 Å². The van der Waals surface area contributed by atoms with Crippen molar-refractivity contribution in [2.24, 2.45) is 5.92 Å². The molecule has 4 heteroatoms. The van der Waals surface area contributed by atoms with Gasteiger partial charge in [-0.05, 0) is 12.0 Å². The minimum Gasteiger partial charge on any atom is -0.445 e. The molecule has 3 nitrogen and oxygen atoms in total. The molecule has 1 fully saturated rings. The smallest absolute Gasteiger partial charge is 0.410 e. The second kappa shape index (κ2) is 5.03. The van der Waals surface area contributed by atoms with E-state index in [9.17, 15) is 9.18 Å². The monoisotopic (exact) mass is 261 g/mol. The number of alkyl halides is 1. The first-order valence-electron chi connectivity index (χ1n) is 6.54. The molecule has 1 aromatic rings. The van der Waals surface area contributed by atoms with Crippen molar-refractivity contribution >= 4 is 6.09 Å². The Morgan fingerprint density at radius 3 is 2.89 bits per heavy atom. The maximum absolute atomic E-state index is 13.6. The molecule has 1 aliphatic carbocycles. The molecule has 0 spiro atoms. The van der Waals surface area contributed by atoms with Crippen molar-refractivity contribution in [1.82, 2.24) is 4.90 Å². The van der Waals surface area contributed by atoms with Gasteiger partial charge in [-0.1, -0.05) is 42.5 Å². The molecule has 3 rings (SSSR count). The van der Waals surface area contributed by atoms with E-state index in [0.717, 1.165) is 5.56 Å². The maximum Gasteiger partial charge on any atom is 0.410 e. The molecule has 0 saturated heterocycles. The third-order valence-electron chi connectivity index (χ3n) is 3.71. The van der Waals surface area contributed by atoms with Gasteiger partial charge in [0.05, 0.1) is 6.04 Å². The lowest BCUT2D eigenvalue weighted by Crippen LogP contribution is -2.35. The Bertz CT molecular complexity index is 488. The number of hydrogen-bond acceptors (Lipinski definition) is 2. The molecule has 0 bridgehead atoms. The molecule has 2 aliphatic rings. The number of allylic oxidation sites excluding steroid dienone is 1. The second-order valence-electron chi connectivity index (χ2n) is 5.00. The third-order valence-corrected chi connectivity index (χ3v) is 3.71. The van der Waals surface area contributed by atoms with E-state index in [-0.39, 0.29) is 18.6 Å². The van der Waals surface area contributed by atoms with Crippen molar-refractivity contribution in [2.75, 3.05) is 6.54 Å². The first-order valence-corrected chi connectivity index (χ1v) is 6.54. The lowest BCUT2D eigenvalue weighted by atomic mass is 10.2. The second-order valence-corrected chi connectivity index (χ2v) is 5.00. The number of rotatable bonds is 2. The van der Waals surface area contributed by atoms with E-state index in [1.54, 1.807) is 0 Å². The van der Waals surface area contributed by atoms with Gasteiger partial charge in [0.15, 0.2) is 0 Å². The van der Waals surface area contributed by atoms with E-state index >= 15 is 0 Å². The molecule has 1 amide bonds. The van der Waals surface area contributed by atoms with Gasteiger partial charge in [-0.25, -0.2) is 9.18 Å². The normalized spacial score (nSPS) is 28.5. The summed E-state index contributed by atoms with van der Waals surface area (Å²) < 4.78 is 18.8. The van der Waals surface area contributed by atoms with Gasteiger partial charge in [-0.2, -0.15) is 0 Å². The number of nitrogens with zero attached hydrogens (tertiary/aromatic N) is 1. The number of carbonyl (C=O) groups excluding carboxylic acids is 1. The predicted octanol–water partition coefficient (Wildman–Crippen LogP) is 2.92. The van der Waals surface area contributed by atoms with Gasteiger partial charge >= 0.3 is 6.09 Å². The van der Waals surface area contributed by atoms with Crippen LogP contribution >= 0.6 is 0 Å². The summed E-state index contributed by atoms with van der Waals surface area (Å²) in [6.07, 6.45) is 3.25. The molecule has 0 aromatic heterocycles. The highest BCUT2D eigenvalue weighted by Crippen LogP contribution is 2.43. The number of halogens is 1. The Hall–Kier alpha value is -1.84. The molecule has 1 saturated carbocycles. The van der Waals surface area contributed by atoms with Crippen LogP contribution in [0.2, 0.25) is 0 Å². The zero-order chi connectivity index (χ0) is 13.2. The molecule has 1 aromatic carbocycles. The largest absolute Gasteiger partial charge is 0.445 e. The average molecular weight is 261 g/mol. The van der Waals surface area contributed by atoms with Crippen molar-refractivity contribution in [1.29, 1.82) is 0 Å². The topological polar surface area (TPSA) is 29.5 Å². The maximum atomic E-state index is 13.6. The molecule has 3 atom stereocenters. The molecule has 0 N–H and O–H groups in total. The van der Waals surface area contributed by atoms with E-state index in [0.29, 0.717) is 13.0 Å². The molecular formula is C15H16FNO2. The fourth-order valence-electron chi connectivity index (χ4n) is 2.55. The summed E-state index contributed by atoms with van der Waals surface area (Å²) in [6.45, 7) is 0.670. The van der Waals surface area contributed by atoms with E-state index in [1.807, 2.05) is 42.5 Å². The summed E-state index contributed by atoms with van der Waals surface area (Å²) in [5.41, 5.74) is 0.936. The van der Waals surface area contributed by atoms with Crippen molar-refractivity contribution in [3.05, 3.63) is 48.0 Å².